The van der Waals surface area contributed by atoms with Crippen LogP contribution in [-0.2, 0) is 4.74 Å². The van der Waals surface area contributed by atoms with Gasteiger partial charge in [-0.2, -0.15) is 4.98 Å². The van der Waals surface area contributed by atoms with Gasteiger partial charge in [-0.3, -0.25) is 0 Å². The molecule has 0 atom stereocenters. The Labute approximate surface area is 118 Å². The minimum atomic E-state index is -0.686. The third kappa shape index (κ3) is 2.64. The molecule has 1 aromatic carbocycles. The van der Waals surface area contributed by atoms with E-state index in [1.54, 1.807) is 19.1 Å². The van der Waals surface area contributed by atoms with Crippen molar-refractivity contribution in [3.05, 3.63) is 28.0 Å². The lowest BCUT2D eigenvalue weighted by atomic mass is 10.2. The average Bonchev–Trinajstić information content (AvgIpc) is 2.84. The molecule has 0 amide bonds. The Morgan fingerprint density at radius 3 is 2.79 bits per heavy atom. The predicted octanol–water partition coefficient (Wildman–Crippen LogP) is 2.80. The molecule has 8 heteroatoms. The summed E-state index contributed by atoms with van der Waals surface area (Å²) in [5.74, 6) is -0.880. The van der Waals surface area contributed by atoms with Gasteiger partial charge in [0, 0.05) is 0 Å². The number of carbonyl (C=O) groups is 1. The largest absolute Gasteiger partial charge is 0.460 e. The molecule has 0 radical (unpaired) electrons. The summed E-state index contributed by atoms with van der Waals surface area (Å²) in [6, 6.07) is 3.09. The monoisotopic (exact) mass is 301 g/mol. The van der Waals surface area contributed by atoms with E-state index >= 15 is 0 Å². The number of nitrogen functional groups attached to an aromatic ring is 1. The Balaban J connectivity index is 2.44. The molecule has 0 aliphatic heterocycles. The number of halogens is 2. The Morgan fingerprint density at radius 2 is 2.11 bits per heavy atom. The molecule has 19 heavy (non-hydrogen) atoms. The standard InChI is InChI=1S/C11H9Cl2N3O3/c1-2-18-11(17)9-15-10(19-16-9)7-5(12)3-4-6(13)8(7)14/h3-4H,2,14H2,1H3. The van der Waals surface area contributed by atoms with Crippen LogP contribution in [0.3, 0.4) is 0 Å². The predicted molar refractivity (Wildman–Crippen MR) is 70.1 cm³/mol. The van der Waals surface area contributed by atoms with E-state index in [-0.39, 0.29) is 29.6 Å². The molecule has 1 aromatic heterocycles. The van der Waals surface area contributed by atoms with Crippen LogP contribution in [0.25, 0.3) is 11.5 Å². The molecule has 0 fully saturated rings. The zero-order chi connectivity index (χ0) is 14.0. The van der Waals surface area contributed by atoms with Crippen molar-refractivity contribution in [2.24, 2.45) is 0 Å². The van der Waals surface area contributed by atoms with Crippen LogP contribution in [0.4, 0.5) is 5.69 Å². The van der Waals surface area contributed by atoms with Crippen LogP contribution in [0.5, 0.6) is 0 Å². The van der Waals surface area contributed by atoms with E-state index in [0.717, 1.165) is 0 Å². The summed E-state index contributed by atoms with van der Waals surface area (Å²) in [6.07, 6.45) is 0. The first-order valence-corrected chi connectivity index (χ1v) is 6.04. The lowest BCUT2D eigenvalue weighted by Gasteiger charge is -2.04. The van der Waals surface area contributed by atoms with Crippen LogP contribution < -0.4 is 5.73 Å². The van der Waals surface area contributed by atoms with E-state index in [0.29, 0.717) is 10.0 Å². The van der Waals surface area contributed by atoms with Crippen molar-refractivity contribution < 1.29 is 14.1 Å². The number of hydrogen-bond acceptors (Lipinski definition) is 6. The number of nitrogens with zero attached hydrogens (tertiary/aromatic N) is 2. The molecule has 2 rings (SSSR count). The van der Waals surface area contributed by atoms with Gasteiger partial charge in [0.05, 0.1) is 27.9 Å². The Morgan fingerprint density at radius 1 is 1.42 bits per heavy atom. The highest BCUT2D eigenvalue weighted by molar-refractivity contribution is 6.37. The SMILES string of the molecule is CCOC(=O)c1noc(-c2c(Cl)ccc(Cl)c2N)n1. The van der Waals surface area contributed by atoms with Gasteiger partial charge in [0.1, 0.15) is 0 Å². The smallest absolute Gasteiger partial charge is 0.379 e. The zero-order valence-electron chi connectivity index (χ0n) is 9.81. The minimum Gasteiger partial charge on any atom is -0.460 e. The van der Waals surface area contributed by atoms with E-state index in [2.05, 4.69) is 10.1 Å². The second-order valence-corrected chi connectivity index (χ2v) is 4.28. The molecule has 0 aliphatic rings. The van der Waals surface area contributed by atoms with Crippen molar-refractivity contribution in [3.63, 3.8) is 0 Å². The van der Waals surface area contributed by atoms with Crippen LogP contribution in [0.2, 0.25) is 10.0 Å². The summed E-state index contributed by atoms with van der Waals surface area (Å²) in [4.78, 5) is 15.3. The van der Waals surface area contributed by atoms with Crippen molar-refractivity contribution in [2.75, 3.05) is 12.3 Å². The second-order valence-electron chi connectivity index (χ2n) is 3.46. The van der Waals surface area contributed by atoms with E-state index < -0.39 is 5.97 Å². The second kappa shape index (κ2) is 5.46. The van der Waals surface area contributed by atoms with Crippen molar-refractivity contribution in [1.29, 1.82) is 0 Å². The maximum atomic E-state index is 11.4. The topological polar surface area (TPSA) is 91.2 Å². The van der Waals surface area contributed by atoms with E-state index in [9.17, 15) is 4.79 Å². The van der Waals surface area contributed by atoms with Crippen LogP contribution in [0, 0.1) is 0 Å². The molecule has 0 saturated heterocycles. The molecule has 6 nitrogen and oxygen atoms in total. The lowest BCUT2D eigenvalue weighted by Crippen LogP contribution is -2.06. The molecule has 0 unspecified atom stereocenters. The van der Waals surface area contributed by atoms with E-state index in [1.165, 1.54) is 0 Å². The minimum absolute atomic E-state index is 0.00746. The van der Waals surface area contributed by atoms with Gasteiger partial charge in [0.25, 0.3) is 11.7 Å². The molecule has 2 N–H and O–H groups in total. The van der Waals surface area contributed by atoms with Crippen LogP contribution in [-0.4, -0.2) is 22.7 Å². The molecule has 2 aromatic rings. The molecular formula is C11H9Cl2N3O3. The fourth-order valence-electron chi connectivity index (χ4n) is 1.39. The zero-order valence-corrected chi connectivity index (χ0v) is 11.3. The van der Waals surface area contributed by atoms with Gasteiger partial charge in [-0.15, -0.1) is 0 Å². The maximum absolute atomic E-state index is 11.4. The summed E-state index contributed by atoms with van der Waals surface area (Å²) >= 11 is 11.9. The summed E-state index contributed by atoms with van der Waals surface area (Å²) in [5.41, 5.74) is 6.29. The molecule has 0 bridgehead atoms. The molecule has 1 heterocycles. The Hall–Kier alpha value is -1.79. The number of nitrogens with two attached hydrogens (primary N) is 1. The van der Waals surface area contributed by atoms with Gasteiger partial charge in [-0.25, -0.2) is 4.79 Å². The fraction of sp³-hybridized carbons (Fsp3) is 0.182. The van der Waals surface area contributed by atoms with Gasteiger partial charge in [-0.1, -0.05) is 23.2 Å². The number of ether oxygens (including phenoxy) is 1. The number of rotatable bonds is 3. The number of benzene rings is 1. The first-order chi connectivity index (χ1) is 9.04. The van der Waals surface area contributed by atoms with Crippen LogP contribution in [0.1, 0.15) is 17.5 Å². The van der Waals surface area contributed by atoms with Gasteiger partial charge in [-0.05, 0) is 24.2 Å². The summed E-state index contributed by atoms with van der Waals surface area (Å²) in [5, 5.41) is 4.10. The highest BCUT2D eigenvalue weighted by atomic mass is 35.5. The van der Waals surface area contributed by atoms with Gasteiger partial charge >= 0.3 is 5.97 Å². The Bertz CT molecular complexity index is 628. The number of anilines is 1. The maximum Gasteiger partial charge on any atom is 0.379 e. The first-order valence-electron chi connectivity index (χ1n) is 5.29. The van der Waals surface area contributed by atoms with E-state index in [4.69, 9.17) is 38.2 Å². The van der Waals surface area contributed by atoms with Gasteiger partial charge in [0.15, 0.2) is 0 Å². The molecular weight excluding hydrogens is 293 g/mol. The van der Waals surface area contributed by atoms with Crippen molar-refractivity contribution in [1.82, 2.24) is 10.1 Å². The summed E-state index contributed by atoms with van der Waals surface area (Å²) < 4.78 is 9.70. The normalized spacial score (nSPS) is 10.5. The lowest BCUT2D eigenvalue weighted by molar-refractivity contribution is 0.0508. The first kappa shape index (κ1) is 13.6. The fourth-order valence-corrected chi connectivity index (χ4v) is 1.79. The summed E-state index contributed by atoms with van der Waals surface area (Å²) in [7, 11) is 0. The number of aromatic nitrogens is 2. The van der Waals surface area contributed by atoms with E-state index in [1.807, 2.05) is 0 Å². The quantitative estimate of drug-likeness (QED) is 0.692. The number of hydrogen-bond donors (Lipinski definition) is 1. The van der Waals surface area contributed by atoms with Crippen LogP contribution in [0.15, 0.2) is 16.7 Å². The number of esters is 1. The van der Waals surface area contributed by atoms with Crippen LogP contribution >= 0.6 is 23.2 Å². The Kier molecular flexibility index (Phi) is 3.92. The number of carbonyl (C=O) groups excluding carboxylic acids is 1. The van der Waals surface area contributed by atoms with Crippen molar-refractivity contribution in [2.45, 2.75) is 6.92 Å². The summed E-state index contributed by atoms with van der Waals surface area (Å²) in [6.45, 7) is 1.88. The highest BCUT2D eigenvalue weighted by Crippen LogP contribution is 2.36. The molecule has 0 aliphatic carbocycles. The van der Waals surface area contributed by atoms with Crippen molar-refractivity contribution in [3.8, 4) is 11.5 Å². The van der Waals surface area contributed by atoms with Gasteiger partial charge in [0.2, 0.25) is 0 Å². The van der Waals surface area contributed by atoms with Crippen molar-refractivity contribution >= 4 is 34.9 Å². The average molecular weight is 302 g/mol. The molecule has 0 saturated carbocycles. The molecule has 100 valence electrons. The third-order valence-electron chi connectivity index (χ3n) is 2.24. The van der Waals surface area contributed by atoms with Gasteiger partial charge < -0.3 is 15.0 Å². The highest BCUT2D eigenvalue weighted by Gasteiger charge is 2.21. The molecule has 0 spiro atoms. The third-order valence-corrected chi connectivity index (χ3v) is 2.88.